The van der Waals surface area contributed by atoms with Crippen molar-refractivity contribution >= 4 is 34.6 Å². The number of alkyl halides is 3. The standard InChI is InChI=1S/C19H11ClF3N3O3S/c20-11-5-3-10(4-6-11)16-15(13-2-1-7-30-13)17-24-12(8-14(27)26(17)25-16)9-29-18(28)19(21,22)23/h1-8,25H,9H2. The summed E-state index contributed by atoms with van der Waals surface area (Å²) in [6, 6.07) is 11.6. The van der Waals surface area contributed by atoms with Crippen LogP contribution in [0.1, 0.15) is 5.69 Å². The number of rotatable bonds is 4. The van der Waals surface area contributed by atoms with Crippen LogP contribution in [0.3, 0.4) is 0 Å². The second-order valence-corrected chi connectivity index (χ2v) is 7.55. The highest BCUT2D eigenvalue weighted by atomic mass is 35.5. The first-order valence-corrected chi connectivity index (χ1v) is 9.68. The van der Waals surface area contributed by atoms with Gasteiger partial charge in [0.1, 0.15) is 6.61 Å². The van der Waals surface area contributed by atoms with Gasteiger partial charge in [0.2, 0.25) is 0 Å². The van der Waals surface area contributed by atoms with Crippen molar-refractivity contribution in [3.05, 3.63) is 68.9 Å². The minimum atomic E-state index is -5.13. The van der Waals surface area contributed by atoms with Crippen LogP contribution < -0.4 is 5.56 Å². The SMILES string of the molecule is O=C(OCc1cc(=O)n2[nH]c(-c3ccc(Cl)cc3)c(-c3cccs3)c2n1)C(F)(F)F. The predicted octanol–water partition coefficient (Wildman–Crippen LogP) is 4.68. The number of halogens is 4. The van der Waals surface area contributed by atoms with Crippen LogP contribution in [0, 0.1) is 0 Å². The van der Waals surface area contributed by atoms with Crippen LogP contribution in [-0.4, -0.2) is 26.7 Å². The molecule has 0 saturated heterocycles. The Morgan fingerprint density at radius 2 is 1.97 bits per heavy atom. The summed E-state index contributed by atoms with van der Waals surface area (Å²) in [6.45, 7) is -0.782. The van der Waals surface area contributed by atoms with Gasteiger partial charge in [-0.15, -0.1) is 11.3 Å². The summed E-state index contributed by atoms with van der Waals surface area (Å²) in [7, 11) is 0. The van der Waals surface area contributed by atoms with Crippen molar-refractivity contribution in [3.63, 3.8) is 0 Å². The lowest BCUT2D eigenvalue weighted by Crippen LogP contribution is -2.25. The molecule has 0 unspecified atom stereocenters. The van der Waals surface area contributed by atoms with Crippen molar-refractivity contribution in [2.75, 3.05) is 0 Å². The number of aromatic nitrogens is 3. The Balaban J connectivity index is 1.85. The summed E-state index contributed by atoms with van der Waals surface area (Å²) in [4.78, 5) is 28.6. The number of H-pyrrole nitrogens is 1. The molecule has 0 amide bonds. The maximum atomic E-state index is 12.6. The monoisotopic (exact) mass is 453 g/mol. The Labute approximate surface area is 175 Å². The van der Waals surface area contributed by atoms with Crippen LogP contribution >= 0.6 is 22.9 Å². The molecular weight excluding hydrogens is 443 g/mol. The van der Waals surface area contributed by atoms with E-state index in [1.165, 1.54) is 15.9 Å². The van der Waals surface area contributed by atoms with Gasteiger partial charge < -0.3 is 4.74 Å². The number of nitrogens with zero attached hydrogens (tertiary/aromatic N) is 2. The zero-order valence-corrected chi connectivity index (χ0v) is 16.4. The second kappa shape index (κ2) is 7.62. The lowest BCUT2D eigenvalue weighted by molar-refractivity contribution is -0.201. The van der Waals surface area contributed by atoms with E-state index in [1.807, 2.05) is 17.5 Å². The summed E-state index contributed by atoms with van der Waals surface area (Å²) in [5.41, 5.74) is 1.45. The zero-order chi connectivity index (χ0) is 21.5. The first kappa shape index (κ1) is 20.2. The molecule has 0 spiro atoms. The molecule has 1 N–H and O–H groups in total. The molecule has 154 valence electrons. The normalized spacial score (nSPS) is 11.7. The van der Waals surface area contributed by atoms with Gasteiger partial charge in [0.25, 0.3) is 5.56 Å². The number of esters is 1. The lowest BCUT2D eigenvalue weighted by Gasteiger charge is -2.07. The highest BCUT2D eigenvalue weighted by Crippen LogP contribution is 2.36. The molecule has 4 aromatic rings. The number of fused-ring (bicyclic) bond motifs is 1. The number of hydrogen-bond donors (Lipinski definition) is 1. The molecule has 0 saturated carbocycles. The molecule has 0 aliphatic rings. The van der Waals surface area contributed by atoms with Gasteiger partial charge in [-0.1, -0.05) is 29.8 Å². The maximum Gasteiger partial charge on any atom is 0.490 e. The third kappa shape index (κ3) is 3.83. The van der Waals surface area contributed by atoms with E-state index in [2.05, 4.69) is 14.8 Å². The maximum absolute atomic E-state index is 12.6. The van der Waals surface area contributed by atoms with Crippen molar-refractivity contribution < 1.29 is 22.7 Å². The molecule has 11 heteroatoms. The second-order valence-electron chi connectivity index (χ2n) is 6.16. The van der Waals surface area contributed by atoms with Crippen LogP contribution in [0.2, 0.25) is 5.02 Å². The number of hydrogen-bond acceptors (Lipinski definition) is 5. The predicted molar refractivity (Wildman–Crippen MR) is 105 cm³/mol. The minimum absolute atomic E-state index is 0.0999. The van der Waals surface area contributed by atoms with E-state index < -0.39 is 24.3 Å². The highest BCUT2D eigenvalue weighted by Gasteiger charge is 2.41. The first-order chi connectivity index (χ1) is 14.2. The summed E-state index contributed by atoms with van der Waals surface area (Å²) < 4.78 is 42.6. The van der Waals surface area contributed by atoms with Gasteiger partial charge in [-0.2, -0.15) is 13.2 Å². The van der Waals surface area contributed by atoms with Crippen LogP contribution in [0.5, 0.6) is 0 Å². The molecular formula is C19H11ClF3N3O3S. The Hall–Kier alpha value is -3.11. The van der Waals surface area contributed by atoms with Crippen LogP contribution in [0.15, 0.2) is 52.6 Å². The number of carbonyl (C=O) groups excluding carboxylic acids is 1. The van der Waals surface area contributed by atoms with E-state index in [0.717, 1.165) is 16.5 Å². The number of thiophene rings is 1. The molecule has 6 nitrogen and oxygen atoms in total. The highest BCUT2D eigenvalue weighted by molar-refractivity contribution is 7.13. The van der Waals surface area contributed by atoms with Gasteiger partial charge in [-0.3, -0.25) is 9.89 Å². The number of carbonyl (C=O) groups is 1. The van der Waals surface area contributed by atoms with E-state index in [0.29, 0.717) is 16.3 Å². The summed E-state index contributed by atoms with van der Waals surface area (Å²) >= 11 is 7.36. The molecule has 3 heterocycles. The molecule has 0 fully saturated rings. The molecule has 3 aromatic heterocycles. The number of ether oxygens (including phenoxy) is 1. The van der Waals surface area contributed by atoms with Gasteiger partial charge in [0.15, 0.2) is 5.65 Å². The molecule has 0 aliphatic carbocycles. The van der Waals surface area contributed by atoms with Crippen molar-refractivity contribution in [2.45, 2.75) is 12.8 Å². The Bertz CT molecular complexity index is 1280. The molecule has 1 aromatic carbocycles. The van der Waals surface area contributed by atoms with Crippen LogP contribution in [0.4, 0.5) is 13.2 Å². The number of aromatic amines is 1. The summed E-state index contributed by atoms with van der Waals surface area (Å²) in [5.74, 6) is -2.35. The van der Waals surface area contributed by atoms with E-state index >= 15 is 0 Å². The average Bonchev–Trinajstić information content (AvgIpc) is 3.33. The van der Waals surface area contributed by atoms with Crippen LogP contribution in [0.25, 0.3) is 27.3 Å². The van der Waals surface area contributed by atoms with Crippen molar-refractivity contribution in [2.24, 2.45) is 0 Å². The smallest absolute Gasteiger partial charge is 0.453 e. The molecule has 30 heavy (non-hydrogen) atoms. The Morgan fingerprint density at radius 3 is 2.60 bits per heavy atom. The molecule has 4 rings (SSSR count). The van der Waals surface area contributed by atoms with E-state index in [1.54, 1.807) is 24.3 Å². The third-order valence-electron chi connectivity index (χ3n) is 4.15. The fourth-order valence-corrected chi connectivity index (χ4v) is 3.76. The first-order valence-electron chi connectivity index (χ1n) is 8.42. The Morgan fingerprint density at radius 1 is 1.23 bits per heavy atom. The molecule has 0 atom stereocenters. The minimum Gasteiger partial charge on any atom is -0.453 e. The van der Waals surface area contributed by atoms with Crippen molar-refractivity contribution in [1.82, 2.24) is 14.6 Å². The molecule has 0 radical (unpaired) electrons. The fourth-order valence-electron chi connectivity index (χ4n) is 2.86. The summed E-state index contributed by atoms with van der Waals surface area (Å²) in [6.07, 6.45) is -5.13. The molecule has 0 bridgehead atoms. The van der Waals surface area contributed by atoms with Crippen molar-refractivity contribution in [1.29, 1.82) is 0 Å². The Kier molecular flexibility index (Phi) is 5.12. The summed E-state index contributed by atoms with van der Waals surface area (Å²) in [5, 5.41) is 5.37. The van der Waals surface area contributed by atoms with Gasteiger partial charge in [0.05, 0.1) is 17.0 Å². The van der Waals surface area contributed by atoms with Gasteiger partial charge in [0, 0.05) is 21.5 Å². The largest absolute Gasteiger partial charge is 0.490 e. The topological polar surface area (TPSA) is 76.5 Å². The third-order valence-corrected chi connectivity index (χ3v) is 5.29. The van der Waals surface area contributed by atoms with Gasteiger partial charge in [-0.25, -0.2) is 14.3 Å². The lowest BCUT2D eigenvalue weighted by atomic mass is 10.1. The van der Waals surface area contributed by atoms with Crippen LogP contribution in [-0.2, 0) is 16.1 Å². The fraction of sp³-hybridized carbons (Fsp3) is 0.105. The number of benzene rings is 1. The van der Waals surface area contributed by atoms with Gasteiger partial charge in [-0.05, 0) is 23.6 Å². The van der Waals surface area contributed by atoms with E-state index in [-0.39, 0.29) is 11.3 Å². The van der Waals surface area contributed by atoms with E-state index in [4.69, 9.17) is 11.6 Å². The van der Waals surface area contributed by atoms with Crippen molar-refractivity contribution in [3.8, 4) is 21.7 Å². The zero-order valence-electron chi connectivity index (χ0n) is 14.9. The molecule has 0 aliphatic heterocycles. The quantitative estimate of drug-likeness (QED) is 0.455. The average molecular weight is 454 g/mol. The van der Waals surface area contributed by atoms with E-state index in [9.17, 15) is 22.8 Å². The number of nitrogens with one attached hydrogen (secondary N) is 1. The van der Waals surface area contributed by atoms with Gasteiger partial charge >= 0.3 is 12.1 Å².